The van der Waals surface area contributed by atoms with Gasteiger partial charge in [0.15, 0.2) is 11.6 Å². The monoisotopic (exact) mass is 205 g/mol. The molecule has 0 heterocycles. The maximum Gasteiger partial charge on any atom is 0.160 e. The second-order valence-electron chi connectivity index (χ2n) is 2.64. The Hall–Kier alpha value is -0.670. The van der Waals surface area contributed by atoms with Crippen molar-refractivity contribution >= 4 is 11.6 Å². The molecule has 13 heavy (non-hydrogen) atoms. The molecule has 0 fully saturated rings. The Morgan fingerprint density at radius 1 is 1.31 bits per heavy atom. The fourth-order valence-electron chi connectivity index (χ4n) is 0.959. The number of hydrogen-bond donors (Lipinski definition) is 1. The van der Waals surface area contributed by atoms with Gasteiger partial charge in [-0.1, -0.05) is 18.5 Å². The lowest BCUT2D eigenvalue weighted by Gasteiger charge is -2.05. The maximum atomic E-state index is 12.7. The van der Waals surface area contributed by atoms with Crippen molar-refractivity contribution in [1.82, 2.24) is 5.32 Å². The van der Waals surface area contributed by atoms with Gasteiger partial charge in [-0.15, -0.1) is 0 Å². The smallest absolute Gasteiger partial charge is 0.160 e. The van der Waals surface area contributed by atoms with Crippen LogP contribution in [0.5, 0.6) is 0 Å². The molecule has 0 amide bonds. The zero-order chi connectivity index (χ0) is 9.84. The van der Waals surface area contributed by atoms with E-state index in [0.717, 1.165) is 18.7 Å². The van der Waals surface area contributed by atoms with Crippen LogP contribution in [0.15, 0.2) is 12.1 Å². The van der Waals surface area contributed by atoms with Gasteiger partial charge < -0.3 is 5.32 Å². The van der Waals surface area contributed by atoms with Crippen LogP contribution in [0, 0.1) is 11.6 Å². The van der Waals surface area contributed by atoms with Gasteiger partial charge in [-0.05, 0) is 24.2 Å². The molecule has 1 N–H and O–H groups in total. The van der Waals surface area contributed by atoms with E-state index in [1.165, 1.54) is 0 Å². The molecule has 0 aliphatic heterocycles. The van der Waals surface area contributed by atoms with E-state index in [4.69, 9.17) is 11.6 Å². The second kappa shape index (κ2) is 4.53. The molecular formula is C9H10ClF2N. The molecule has 0 spiro atoms. The van der Waals surface area contributed by atoms with E-state index in [0.29, 0.717) is 12.1 Å². The summed E-state index contributed by atoms with van der Waals surface area (Å²) < 4.78 is 25.3. The van der Waals surface area contributed by atoms with E-state index in [9.17, 15) is 8.78 Å². The molecule has 0 aromatic heterocycles. The minimum absolute atomic E-state index is 0.250. The fraction of sp³-hybridized carbons (Fsp3) is 0.333. The minimum atomic E-state index is -0.912. The first-order chi connectivity index (χ1) is 6.15. The Balaban J connectivity index is 2.88. The van der Waals surface area contributed by atoms with Crippen LogP contribution in [0.1, 0.15) is 12.5 Å². The highest BCUT2D eigenvalue weighted by molar-refractivity contribution is 6.31. The summed E-state index contributed by atoms with van der Waals surface area (Å²) >= 11 is 5.69. The van der Waals surface area contributed by atoms with E-state index in [-0.39, 0.29) is 5.02 Å². The molecule has 72 valence electrons. The van der Waals surface area contributed by atoms with E-state index in [1.54, 1.807) is 0 Å². The molecule has 0 aliphatic carbocycles. The van der Waals surface area contributed by atoms with Gasteiger partial charge in [-0.2, -0.15) is 0 Å². The zero-order valence-electron chi connectivity index (χ0n) is 7.20. The van der Waals surface area contributed by atoms with E-state index in [2.05, 4.69) is 5.32 Å². The molecule has 0 atom stereocenters. The summed E-state index contributed by atoms with van der Waals surface area (Å²) in [5, 5.41) is 3.23. The Morgan fingerprint density at radius 3 is 2.54 bits per heavy atom. The summed E-state index contributed by atoms with van der Waals surface area (Å²) in [6, 6.07) is 2.10. The molecule has 0 saturated carbocycles. The summed E-state index contributed by atoms with van der Waals surface area (Å²) in [5.41, 5.74) is 0.572. The van der Waals surface area contributed by atoms with Crippen LogP contribution < -0.4 is 5.32 Å². The van der Waals surface area contributed by atoms with Crippen molar-refractivity contribution in [3.05, 3.63) is 34.4 Å². The molecule has 0 saturated heterocycles. The molecule has 0 bridgehead atoms. The van der Waals surface area contributed by atoms with Gasteiger partial charge in [-0.25, -0.2) is 8.78 Å². The molecule has 1 nitrogen and oxygen atoms in total. The predicted octanol–water partition coefficient (Wildman–Crippen LogP) is 2.73. The van der Waals surface area contributed by atoms with Crippen molar-refractivity contribution in [2.24, 2.45) is 0 Å². The third kappa shape index (κ3) is 2.64. The topological polar surface area (TPSA) is 12.0 Å². The first-order valence-electron chi connectivity index (χ1n) is 3.99. The van der Waals surface area contributed by atoms with E-state index < -0.39 is 11.6 Å². The quantitative estimate of drug-likeness (QED) is 0.749. The SMILES string of the molecule is CCNCc1cc(F)c(F)cc1Cl. The largest absolute Gasteiger partial charge is 0.313 e. The van der Waals surface area contributed by atoms with Crippen LogP contribution in [-0.4, -0.2) is 6.54 Å². The van der Waals surface area contributed by atoms with Crippen LogP contribution in [0.3, 0.4) is 0 Å². The van der Waals surface area contributed by atoms with Gasteiger partial charge in [0.1, 0.15) is 0 Å². The standard InChI is InChI=1S/C9H10ClF2N/c1-2-13-5-6-3-8(11)9(12)4-7(6)10/h3-4,13H,2,5H2,1H3. The number of hydrogen-bond acceptors (Lipinski definition) is 1. The third-order valence-corrected chi connectivity index (χ3v) is 2.01. The van der Waals surface area contributed by atoms with Gasteiger partial charge in [0.25, 0.3) is 0 Å². The second-order valence-corrected chi connectivity index (χ2v) is 3.05. The fourth-order valence-corrected chi connectivity index (χ4v) is 1.18. The Kier molecular flexibility index (Phi) is 3.63. The molecular weight excluding hydrogens is 196 g/mol. The van der Waals surface area contributed by atoms with Crippen molar-refractivity contribution < 1.29 is 8.78 Å². The lowest BCUT2D eigenvalue weighted by atomic mass is 10.2. The molecule has 1 aromatic rings. The predicted molar refractivity (Wildman–Crippen MR) is 48.7 cm³/mol. The van der Waals surface area contributed by atoms with Gasteiger partial charge >= 0.3 is 0 Å². The Bertz CT molecular complexity index is 302. The normalized spacial score (nSPS) is 10.5. The van der Waals surface area contributed by atoms with Crippen molar-refractivity contribution in [3.8, 4) is 0 Å². The zero-order valence-corrected chi connectivity index (χ0v) is 7.96. The van der Waals surface area contributed by atoms with Crippen LogP contribution in [0.2, 0.25) is 5.02 Å². The average molecular weight is 206 g/mol. The van der Waals surface area contributed by atoms with Gasteiger partial charge in [-0.3, -0.25) is 0 Å². The van der Waals surface area contributed by atoms with Crippen molar-refractivity contribution in [2.75, 3.05) is 6.54 Å². The summed E-state index contributed by atoms with van der Waals surface area (Å²) in [6.07, 6.45) is 0. The minimum Gasteiger partial charge on any atom is -0.313 e. The number of rotatable bonds is 3. The Labute approximate surface area is 80.7 Å². The van der Waals surface area contributed by atoms with E-state index in [1.807, 2.05) is 6.92 Å². The number of benzene rings is 1. The van der Waals surface area contributed by atoms with Crippen molar-refractivity contribution in [1.29, 1.82) is 0 Å². The van der Waals surface area contributed by atoms with Crippen molar-refractivity contribution in [3.63, 3.8) is 0 Å². The lowest BCUT2D eigenvalue weighted by molar-refractivity contribution is 0.506. The van der Waals surface area contributed by atoms with E-state index >= 15 is 0 Å². The molecule has 4 heteroatoms. The Morgan fingerprint density at radius 2 is 1.92 bits per heavy atom. The maximum absolute atomic E-state index is 12.7. The lowest BCUT2D eigenvalue weighted by Crippen LogP contribution is -2.12. The number of nitrogens with one attached hydrogen (secondary N) is 1. The molecule has 1 rings (SSSR count). The average Bonchev–Trinajstić information content (AvgIpc) is 2.09. The van der Waals surface area contributed by atoms with Crippen LogP contribution in [0.25, 0.3) is 0 Å². The van der Waals surface area contributed by atoms with Crippen molar-refractivity contribution in [2.45, 2.75) is 13.5 Å². The number of halogens is 3. The van der Waals surface area contributed by atoms with Gasteiger partial charge in [0.05, 0.1) is 0 Å². The van der Waals surface area contributed by atoms with Crippen LogP contribution in [0.4, 0.5) is 8.78 Å². The molecule has 0 radical (unpaired) electrons. The van der Waals surface area contributed by atoms with Gasteiger partial charge in [0.2, 0.25) is 0 Å². The summed E-state index contributed by atoms with van der Waals surface area (Å²) in [4.78, 5) is 0. The van der Waals surface area contributed by atoms with Gasteiger partial charge in [0, 0.05) is 11.6 Å². The summed E-state index contributed by atoms with van der Waals surface area (Å²) in [7, 11) is 0. The highest BCUT2D eigenvalue weighted by atomic mass is 35.5. The highest BCUT2D eigenvalue weighted by Crippen LogP contribution is 2.19. The van der Waals surface area contributed by atoms with Crippen LogP contribution in [-0.2, 0) is 6.54 Å². The molecule has 0 aliphatic rings. The summed E-state index contributed by atoms with van der Waals surface area (Å²) in [6.45, 7) is 3.13. The summed E-state index contributed by atoms with van der Waals surface area (Å²) in [5.74, 6) is -1.78. The molecule has 1 aromatic carbocycles. The van der Waals surface area contributed by atoms with Crippen LogP contribution >= 0.6 is 11.6 Å². The first kappa shape index (κ1) is 10.4. The third-order valence-electron chi connectivity index (χ3n) is 1.65. The molecule has 0 unspecified atom stereocenters. The first-order valence-corrected chi connectivity index (χ1v) is 4.37. The highest BCUT2D eigenvalue weighted by Gasteiger charge is 2.07.